The van der Waals surface area contributed by atoms with E-state index in [1.807, 2.05) is 13.0 Å². The predicted octanol–water partition coefficient (Wildman–Crippen LogP) is 2.49. The summed E-state index contributed by atoms with van der Waals surface area (Å²) in [6.45, 7) is 2.47. The van der Waals surface area contributed by atoms with Gasteiger partial charge in [-0.05, 0) is 24.1 Å². The van der Waals surface area contributed by atoms with Crippen molar-refractivity contribution in [1.29, 1.82) is 0 Å². The summed E-state index contributed by atoms with van der Waals surface area (Å²) >= 11 is 0. The fourth-order valence-electron chi connectivity index (χ4n) is 1.20. The summed E-state index contributed by atoms with van der Waals surface area (Å²) in [6, 6.07) is 5.28. The molecule has 0 saturated heterocycles. The molecule has 2 N–H and O–H groups in total. The average Bonchev–Trinajstić information content (AvgIpc) is 2.14. The van der Waals surface area contributed by atoms with Crippen LogP contribution >= 0.6 is 0 Å². The van der Waals surface area contributed by atoms with Gasteiger partial charge in [0.1, 0.15) is 5.75 Å². The molecule has 0 spiro atoms. The third-order valence-corrected chi connectivity index (χ3v) is 1.96. The monoisotopic (exact) mass is 215 g/mol. The zero-order valence-electron chi connectivity index (χ0n) is 8.89. The first-order valence-electron chi connectivity index (χ1n) is 4.72. The lowest BCUT2D eigenvalue weighted by molar-refractivity contribution is -0.0231. The Morgan fingerprint density at radius 3 is 2.53 bits per heavy atom. The number of halogens is 2. The van der Waals surface area contributed by atoms with Gasteiger partial charge in [-0.25, -0.2) is 8.78 Å². The number of benzene rings is 1. The minimum absolute atomic E-state index is 0.436. The molecule has 0 aliphatic rings. The molecule has 0 fully saturated rings. The smallest absolute Gasteiger partial charge is 0.278 e. The van der Waals surface area contributed by atoms with Crippen LogP contribution in [-0.4, -0.2) is 12.5 Å². The molecule has 1 rings (SSSR count). The molecule has 0 bridgehead atoms. The summed E-state index contributed by atoms with van der Waals surface area (Å²) in [6.07, 6.45) is 0. The highest BCUT2D eigenvalue weighted by molar-refractivity contribution is 5.36. The van der Waals surface area contributed by atoms with Crippen LogP contribution in [0.25, 0.3) is 0 Å². The van der Waals surface area contributed by atoms with Gasteiger partial charge < -0.3 is 10.5 Å². The Kier molecular flexibility index (Phi) is 3.63. The van der Waals surface area contributed by atoms with Crippen LogP contribution in [0.2, 0.25) is 0 Å². The first-order valence-corrected chi connectivity index (χ1v) is 4.72. The highest BCUT2D eigenvalue weighted by Gasteiger charge is 2.22. The van der Waals surface area contributed by atoms with Gasteiger partial charge in [-0.2, -0.15) is 0 Å². The summed E-state index contributed by atoms with van der Waals surface area (Å²) < 4.78 is 30.1. The molecule has 0 aliphatic heterocycles. The van der Waals surface area contributed by atoms with E-state index in [0.717, 1.165) is 18.1 Å². The third kappa shape index (κ3) is 3.83. The van der Waals surface area contributed by atoms with Crippen LogP contribution in [0, 0.1) is 6.92 Å². The van der Waals surface area contributed by atoms with Crippen LogP contribution in [-0.2, 0) is 6.54 Å². The molecule has 2 nitrogen and oxygen atoms in total. The van der Waals surface area contributed by atoms with Crippen LogP contribution < -0.4 is 10.5 Å². The largest absolute Gasteiger partial charge is 0.487 e. The fourth-order valence-corrected chi connectivity index (χ4v) is 1.20. The quantitative estimate of drug-likeness (QED) is 0.837. The molecule has 1 aromatic rings. The Balaban J connectivity index is 2.70. The number of ether oxygens (including phenoxy) is 1. The van der Waals surface area contributed by atoms with E-state index in [-0.39, 0.29) is 0 Å². The summed E-state index contributed by atoms with van der Waals surface area (Å²) in [5.41, 5.74) is 7.23. The maximum Gasteiger partial charge on any atom is 0.278 e. The topological polar surface area (TPSA) is 35.2 Å². The Labute approximate surface area is 88.0 Å². The number of aryl methyl sites for hydroxylation is 1. The van der Waals surface area contributed by atoms with Crippen molar-refractivity contribution in [2.24, 2.45) is 5.73 Å². The van der Waals surface area contributed by atoms with Crippen molar-refractivity contribution in [3.05, 3.63) is 29.3 Å². The normalized spacial score (nSPS) is 11.5. The van der Waals surface area contributed by atoms with Gasteiger partial charge in [0.2, 0.25) is 0 Å². The predicted molar refractivity (Wildman–Crippen MR) is 55.2 cm³/mol. The standard InChI is InChI=1S/C11H15F2NO/c1-8-5-9(6-14)3-4-10(8)15-7-11(2,12)13/h3-5H,6-7,14H2,1-2H3. The van der Waals surface area contributed by atoms with Crippen molar-refractivity contribution in [2.45, 2.75) is 26.3 Å². The summed E-state index contributed by atoms with van der Waals surface area (Å²) in [4.78, 5) is 0. The lowest BCUT2D eigenvalue weighted by atomic mass is 10.1. The van der Waals surface area contributed by atoms with Crippen molar-refractivity contribution < 1.29 is 13.5 Å². The lowest BCUT2D eigenvalue weighted by Crippen LogP contribution is -2.21. The number of hydrogen-bond donors (Lipinski definition) is 1. The number of nitrogens with two attached hydrogens (primary N) is 1. The summed E-state index contributed by atoms with van der Waals surface area (Å²) in [7, 11) is 0. The van der Waals surface area contributed by atoms with E-state index in [2.05, 4.69) is 0 Å². The lowest BCUT2D eigenvalue weighted by Gasteiger charge is -2.14. The molecule has 0 aliphatic carbocycles. The molecule has 0 aromatic heterocycles. The number of alkyl halides is 2. The van der Waals surface area contributed by atoms with Crippen molar-refractivity contribution >= 4 is 0 Å². The maximum atomic E-state index is 12.5. The third-order valence-electron chi connectivity index (χ3n) is 1.96. The van der Waals surface area contributed by atoms with Crippen molar-refractivity contribution in [3.63, 3.8) is 0 Å². The molecule has 0 amide bonds. The second kappa shape index (κ2) is 4.57. The van der Waals surface area contributed by atoms with Crippen molar-refractivity contribution in [1.82, 2.24) is 0 Å². The molecule has 4 heteroatoms. The molecular weight excluding hydrogens is 200 g/mol. The average molecular weight is 215 g/mol. The van der Waals surface area contributed by atoms with Gasteiger partial charge in [0.05, 0.1) is 0 Å². The molecule has 1 aromatic carbocycles. The maximum absolute atomic E-state index is 12.5. The van der Waals surface area contributed by atoms with E-state index in [1.54, 1.807) is 12.1 Å². The molecule has 0 saturated carbocycles. The fraction of sp³-hybridized carbons (Fsp3) is 0.455. The van der Waals surface area contributed by atoms with Crippen LogP contribution in [0.1, 0.15) is 18.1 Å². The SMILES string of the molecule is Cc1cc(CN)ccc1OCC(C)(F)F. The Hall–Kier alpha value is -1.16. The van der Waals surface area contributed by atoms with Gasteiger partial charge in [-0.3, -0.25) is 0 Å². The minimum atomic E-state index is -2.81. The molecule has 15 heavy (non-hydrogen) atoms. The van der Waals surface area contributed by atoms with Gasteiger partial charge in [-0.1, -0.05) is 12.1 Å². The first kappa shape index (κ1) is 11.9. The number of hydrogen-bond acceptors (Lipinski definition) is 2. The molecular formula is C11H15F2NO. The van der Waals surface area contributed by atoms with Crippen LogP contribution in [0.3, 0.4) is 0 Å². The van der Waals surface area contributed by atoms with Gasteiger partial charge in [0.15, 0.2) is 6.61 Å². The van der Waals surface area contributed by atoms with Gasteiger partial charge >= 0.3 is 0 Å². The molecule has 84 valence electrons. The molecule has 0 radical (unpaired) electrons. The van der Waals surface area contributed by atoms with E-state index in [9.17, 15) is 8.78 Å². The Morgan fingerprint density at radius 2 is 2.07 bits per heavy atom. The van der Waals surface area contributed by atoms with Crippen LogP contribution in [0.4, 0.5) is 8.78 Å². The van der Waals surface area contributed by atoms with Crippen molar-refractivity contribution in [3.8, 4) is 5.75 Å². The van der Waals surface area contributed by atoms with Gasteiger partial charge in [-0.15, -0.1) is 0 Å². The minimum Gasteiger partial charge on any atom is -0.487 e. The van der Waals surface area contributed by atoms with Gasteiger partial charge in [0.25, 0.3) is 5.92 Å². The second-order valence-corrected chi connectivity index (χ2v) is 3.66. The summed E-state index contributed by atoms with van der Waals surface area (Å²) in [5.74, 6) is -2.33. The number of rotatable bonds is 4. The molecule has 0 unspecified atom stereocenters. The first-order chi connectivity index (χ1) is 6.92. The molecule has 0 atom stereocenters. The van der Waals surface area contributed by atoms with E-state index < -0.39 is 12.5 Å². The van der Waals surface area contributed by atoms with E-state index in [0.29, 0.717) is 12.3 Å². The zero-order valence-corrected chi connectivity index (χ0v) is 8.89. The Morgan fingerprint density at radius 1 is 1.40 bits per heavy atom. The zero-order chi connectivity index (χ0) is 11.5. The Bertz CT molecular complexity index is 334. The van der Waals surface area contributed by atoms with Crippen LogP contribution in [0.5, 0.6) is 5.75 Å². The van der Waals surface area contributed by atoms with Crippen LogP contribution in [0.15, 0.2) is 18.2 Å². The molecule has 0 heterocycles. The summed E-state index contributed by atoms with van der Waals surface area (Å²) in [5, 5.41) is 0. The second-order valence-electron chi connectivity index (χ2n) is 3.66. The van der Waals surface area contributed by atoms with E-state index in [1.165, 1.54) is 0 Å². The highest BCUT2D eigenvalue weighted by atomic mass is 19.3. The van der Waals surface area contributed by atoms with E-state index >= 15 is 0 Å². The highest BCUT2D eigenvalue weighted by Crippen LogP contribution is 2.21. The van der Waals surface area contributed by atoms with Gasteiger partial charge in [0, 0.05) is 13.5 Å². The van der Waals surface area contributed by atoms with Crippen molar-refractivity contribution in [2.75, 3.05) is 6.61 Å². The van der Waals surface area contributed by atoms with E-state index in [4.69, 9.17) is 10.5 Å².